The zero-order valence-electron chi connectivity index (χ0n) is 11.9. The number of pyridine rings is 1. The first kappa shape index (κ1) is 13.9. The zero-order valence-corrected chi connectivity index (χ0v) is 12.7. The van der Waals surface area contributed by atoms with Crippen LogP contribution in [0.2, 0.25) is 5.02 Å². The summed E-state index contributed by atoms with van der Waals surface area (Å²) in [7, 11) is 0. The van der Waals surface area contributed by atoms with Crippen molar-refractivity contribution in [2.24, 2.45) is 0 Å². The summed E-state index contributed by atoms with van der Waals surface area (Å²) < 4.78 is 0. The van der Waals surface area contributed by atoms with Crippen molar-refractivity contribution in [2.45, 2.75) is 19.3 Å². The predicted molar refractivity (Wildman–Crippen MR) is 84.5 cm³/mol. The van der Waals surface area contributed by atoms with Gasteiger partial charge in [-0.3, -0.25) is 4.79 Å². The molecular weight excluding hydrogens is 286 g/mol. The molecule has 1 aliphatic rings. The van der Waals surface area contributed by atoms with Crippen molar-refractivity contribution >= 4 is 23.3 Å². The second kappa shape index (κ2) is 4.74. The predicted octanol–water partition coefficient (Wildman–Crippen LogP) is 3.01. The third kappa shape index (κ3) is 2.36. The largest absolute Gasteiger partial charge is 0.384 e. The summed E-state index contributed by atoms with van der Waals surface area (Å²) in [6, 6.07) is 7.50. The molecule has 0 saturated heterocycles. The van der Waals surface area contributed by atoms with E-state index in [2.05, 4.69) is 24.1 Å². The average molecular weight is 302 g/mol. The molecule has 4 nitrogen and oxygen atoms in total. The zero-order chi connectivity index (χ0) is 15.2. The van der Waals surface area contributed by atoms with Crippen LogP contribution >= 0.6 is 11.6 Å². The molecule has 0 spiro atoms. The standard InChI is InChI=1S/C16H16ClN3O/c1-16(2)8-20-15(21)10-4-3-9(5-12(10)16)11-6-14(18)19-7-13(11)17/h3-7H,8H2,1-2H3,(H2,18,19)(H,20,21). The molecule has 2 aromatic rings. The van der Waals surface area contributed by atoms with Gasteiger partial charge in [0.05, 0.1) is 5.02 Å². The maximum atomic E-state index is 12.0. The van der Waals surface area contributed by atoms with Gasteiger partial charge in [0.2, 0.25) is 0 Å². The second-order valence-corrected chi connectivity index (χ2v) is 6.32. The normalized spacial score (nSPS) is 16.2. The molecule has 1 amide bonds. The molecule has 2 heterocycles. The molecule has 5 heteroatoms. The van der Waals surface area contributed by atoms with Gasteiger partial charge in [0.1, 0.15) is 5.82 Å². The molecule has 0 radical (unpaired) electrons. The van der Waals surface area contributed by atoms with Gasteiger partial charge in [-0.05, 0) is 29.3 Å². The Hall–Kier alpha value is -2.07. The molecule has 1 aromatic heterocycles. The number of rotatable bonds is 1. The van der Waals surface area contributed by atoms with Gasteiger partial charge in [-0.2, -0.15) is 0 Å². The molecule has 0 saturated carbocycles. The van der Waals surface area contributed by atoms with E-state index in [0.717, 1.165) is 16.7 Å². The van der Waals surface area contributed by atoms with Crippen LogP contribution in [0.4, 0.5) is 5.82 Å². The Bertz CT molecular complexity index is 740. The number of nitrogens with zero attached hydrogens (tertiary/aromatic N) is 1. The van der Waals surface area contributed by atoms with Crippen molar-refractivity contribution in [1.82, 2.24) is 10.3 Å². The lowest BCUT2D eigenvalue weighted by atomic mass is 9.78. The van der Waals surface area contributed by atoms with E-state index in [-0.39, 0.29) is 11.3 Å². The van der Waals surface area contributed by atoms with E-state index in [0.29, 0.717) is 22.9 Å². The molecule has 1 aliphatic heterocycles. The summed E-state index contributed by atoms with van der Waals surface area (Å²) in [4.78, 5) is 15.9. The summed E-state index contributed by atoms with van der Waals surface area (Å²) in [6.07, 6.45) is 1.55. The van der Waals surface area contributed by atoms with Crippen LogP contribution in [0.1, 0.15) is 29.8 Å². The fraction of sp³-hybridized carbons (Fsp3) is 0.250. The Kier molecular flexibility index (Phi) is 3.14. The van der Waals surface area contributed by atoms with Crippen LogP contribution in [-0.2, 0) is 5.41 Å². The first-order valence-electron chi connectivity index (χ1n) is 6.72. The summed E-state index contributed by atoms with van der Waals surface area (Å²) >= 11 is 6.22. The summed E-state index contributed by atoms with van der Waals surface area (Å²) in [5.41, 5.74) is 9.13. The Labute approximate surface area is 128 Å². The van der Waals surface area contributed by atoms with Crippen LogP contribution in [0.15, 0.2) is 30.5 Å². The average Bonchev–Trinajstić information content (AvgIpc) is 2.46. The van der Waals surface area contributed by atoms with Crippen molar-refractivity contribution in [3.63, 3.8) is 0 Å². The van der Waals surface area contributed by atoms with E-state index in [1.165, 1.54) is 0 Å². The van der Waals surface area contributed by atoms with Crippen LogP contribution in [-0.4, -0.2) is 17.4 Å². The summed E-state index contributed by atoms with van der Waals surface area (Å²) in [6.45, 7) is 4.84. The Morgan fingerprint density at radius 1 is 1.29 bits per heavy atom. The van der Waals surface area contributed by atoms with Crippen molar-refractivity contribution in [2.75, 3.05) is 12.3 Å². The molecule has 0 fully saturated rings. The van der Waals surface area contributed by atoms with Gasteiger partial charge in [0.15, 0.2) is 0 Å². The van der Waals surface area contributed by atoms with Gasteiger partial charge in [0, 0.05) is 29.3 Å². The molecule has 0 unspecified atom stereocenters. The van der Waals surface area contributed by atoms with Gasteiger partial charge < -0.3 is 11.1 Å². The third-order valence-electron chi connectivity index (χ3n) is 3.87. The molecule has 0 bridgehead atoms. The van der Waals surface area contributed by atoms with Gasteiger partial charge in [-0.1, -0.05) is 31.5 Å². The smallest absolute Gasteiger partial charge is 0.251 e. The highest BCUT2D eigenvalue weighted by atomic mass is 35.5. The first-order chi connectivity index (χ1) is 9.88. The van der Waals surface area contributed by atoms with E-state index in [9.17, 15) is 4.79 Å². The van der Waals surface area contributed by atoms with Gasteiger partial charge in [0.25, 0.3) is 5.91 Å². The number of carbonyl (C=O) groups excluding carboxylic acids is 1. The summed E-state index contributed by atoms with van der Waals surface area (Å²) in [5.74, 6) is 0.389. The van der Waals surface area contributed by atoms with Crippen molar-refractivity contribution in [3.05, 3.63) is 46.6 Å². The monoisotopic (exact) mass is 301 g/mol. The van der Waals surface area contributed by atoms with Crippen LogP contribution in [0, 0.1) is 0 Å². The number of nitrogen functional groups attached to an aromatic ring is 1. The molecule has 3 N–H and O–H groups in total. The molecule has 3 rings (SSSR count). The number of hydrogen-bond acceptors (Lipinski definition) is 3. The Balaban J connectivity index is 2.19. The van der Waals surface area contributed by atoms with E-state index >= 15 is 0 Å². The highest BCUT2D eigenvalue weighted by molar-refractivity contribution is 6.33. The maximum absolute atomic E-state index is 12.0. The van der Waals surface area contributed by atoms with Crippen LogP contribution in [0.3, 0.4) is 0 Å². The number of benzene rings is 1. The Morgan fingerprint density at radius 2 is 2.05 bits per heavy atom. The van der Waals surface area contributed by atoms with Crippen molar-refractivity contribution in [3.8, 4) is 11.1 Å². The number of halogens is 1. The summed E-state index contributed by atoms with van der Waals surface area (Å²) in [5, 5.41) is 3.46. The minimum Gasteiger partial charge on any atom is -0.384 e. The van der Waals surface area contributed by atoms with Gasteiger partial charge in [-0.25, -0.2) is 4.98 Å². The molecule has 21 heavy (non-hydrogen) atoms. The molecule has 108 valence electrons. The topological polar surface area (TPSA) is 68.0 Å². The van der Waals surface area contributed by atoms with E-state index in [1.54, 1.807) is 12.3 Å². The fourth-order valence-corrected chi connectivity index (χ4v) is 2.85. The number of carbonyl (C=O) groups is 1. The van der Waals surface area contributed by atoms with Crippen molar-refractivity contribution < 1.29 is 4.79 Å². The van der Waals surface area contributed by atoms with Gasteiger partial charge in [-0.15, -0.1) is 0 Å². The minimum atomic E-state index is -0.121. The quantitative estimate of drug-likeness (QED) is 0.851. The number of amides is 1. The third-order valence-corrected chi connectivity index (χ3v) is 4.17. The highest BCUT2D eigenvalue weighted by Gasteiger charge is 2.31. The molecule has 0 atom stereocenters. The number of anilines is 1. The minimum absolute atomic E-state index is 0.0313. The van der Waals surface area contributed by atoms with E-state index in [4.69, 9.17) is 17.3 Å². The van der Waals surface area contributed by atoms with Crippen LogP contribution in [0.25, 0.3) is 11.1 Å². The number of fused-ring (bicyclic) bond motifs is 1. The number of nitrogens with two attached hydrogens (primary N) is 1. The van der Waals surface area contributed by atoms with Crippen molar-refractivity contribution in [1.29, 1.82) is 0 Å². The molecule has 1 aromatic carbocycles. The maximum Gasteiger partial charge on any atom is 0.251 e. The van der Waals surface area contributed by atoms with Gasteiger partial charge >= 0.3 is 0 Å². The molecule has 0 aliphatic carbocycles. The number of aromatic nitrogens is 1. The van der Waals surface area contributed by atoms with E-state index < -0.39 is 0 Å². The fourth-order valence-electron chi connectivity index (χ4n) is 2.64. The highest BCUT2D eigenvalue weighted by Crippen LogP contribution is 2.35. The van der Waals surface area contributed by atoms with Crippen LogP contribution in [0.5, 0.6) is 0 Å². The Morgan fingerprint density at radius 3 is 2.81 bits per heavy atom. The second-order valence-electron chi connectivity index (χ2n) is 5.92. The first-order valence-corrected chi connectivity index (χ1v) is 7.10. The number of nitrogens with one attached hydrogen (secondary N) is 1. The van der Waals surface area contributed by atoms with E-state index in [1.807, 2.05) is 18.2 Å². The lowest BCUT2D eigenvalue weighted by molar-refractivity contribution is 0.0930. The lowest BCUT2D eigenvalue weighted by Crippen LogP contribution is -2.43. The molecular formula is C16H16ClN3O. The number of hydrogen-bond donors (Lipinski definition) is 2. The SMILES string of the molecule is CC1(C)CNC(=O)c2ccc(-c3cc(N)ncc3Cl)cc21. The van der Waals surface area contributed by atoms with Crippen LogP contribution < -0.4 is 11.1 Å². The lowest BCUT2D eigenvalue weighted by Gasteiger charge is -2.32.